The molecule has 138 valence electrons. The van der Waals surface area contributed by atoms with Gasteiger partial charge in [-0.3, -0.25) is 15.0 Å². The van der Waals surface area contributed by atoms with Gasteiger partial charge in [0.25, 0.3) is 11.8 Å². The standard InChI is InChI=1S/C19H16BrN3O3S/c1-11-2-5-14(6-3-11)22-17(24)10-26-15-7-4-13(20)8-12(15)9-16-18(25)23-19(21)27-16/h2-9H,10H2,1H3,(H,22,24)(H2,21,23,25)/b16-9-. The van der Waals surface area contributed by atoms with E-state index < -0.39 is 0 Å². The van der Waals surface area contributed by atoms with Crippen molar-refractivity contribution >= 4 is 56.4 Å². The average molecular weight is 446 g/mol. The zero-order valence-electron chi connectivity index (χ0n) is 14.3. The van der Waals surface area contributed by atoms with Crippen LogP contribution in [0.15, 0.2) is 51.8 Å². The highest BCUT2D eigenvalue weighted by Crippen LogP contribution is 2.30. The highest BCUT2D eigenvalue weighted by molar-refractivity contribution is 9.10. The van der Waals surface area contributed by atoms with E-state index in [9.17, 15) is 9.59 Å². The van der Waals surface area contributed by atoms with Gasteiger partial charge in [-0.2, -0.15) is 0 Å². The van der Waals surface area contributed by atoms with Gasteiger partial charge in [0.05, 0.1) is 4.91 Å². The lowest BCUT2D eigenvalue weighted by Gasteiger charge is -2.11. The van der Waals surface area contributed by atoms with Crippen molar-refractivity contribution in [1.29, 1.82) is 5.41 Å². The Hall–Kier alpha value is -2.58. The minimum Gasteiger partial charge on any atom is -0.483 e. The second-order valence-electron chi connectivity index (χ2n) is 5.78. The van der Waals surface area contributed by atoms with Crippen LogP contribution in [0.4, 0.5) is 5.69 Å². The number of amidine groups is 1. The van der Waals surface area contributed by atoms with E-state index in [1.165, 1.54) is 0 Å². The number of halogens is 1. The maximum Gasteiger partial charge on any atom is 0.264 e. The Labute approximate surface area is 169 Å². The Kier molecular flexibility index (Phi) is 5.98. The Bertz CT molecular complexity index is 942. The van der Waals surface area contributed by atoms with Crippen molar-refractivity contribution < 1.29 is 14.3 Å². The van der Waals surface area contributed by atoms with Crippen LogP contribution < -0.4 is 15.4 Å². The predicted octanol–water partition coefficient (Wildman–Crippen LogP) is 3.91. The molecule has 2 aromatic carbocycles. The highest BCUT2D eigenvalue weighted by atomic mass is 79.9. The van der Waals surface area contributed by atoms with Gasteiger partial charge in [-0.15, -0.1) is 0 Å². The minimum absolute atomic E-state index is 0.0844. The van der Waals surface area contributed by atoms with Crippen LogP contribution >= 0.6 is 27.7 Å². The summed E-state index contributed by atoms with van der Waals surface area (Å²) >= 11 is 4.43. The van der Waals surface area contributed by atoms with Crippen LogP contribution in [0.25, 0.3) is 6.08 Å². The summed E-state index contributed by atoms with van der Waals surface area (Å²) in [6.07, 6.45) is 1.64. The number of rotatable bonds is 5. The molecule has 0 atom stereocenters. The van der Waals surface area contributed by atoms with Crippen LogP contribution in [0.2, 0.25) is 0 Å². The largest absolute Gasteiger partial charge is 0.483 e. The summed E-state index contributed by atoms with van der Waals surface area (Å²) in [5, 5.41) is 12.8. The predicted molar refractivity (Wildman–Crippen MR) is 111 cm³/mol. The number of nitrogens with one attached hydrogen (secondary N) is 3. The molecule has 0 aromatic heterocycles. The van der Waals surface area contributed by atoms with Crippen molar-refractivity contribution in [3.8, 4) is 5.75 Å². The van der Waals surface area contributed by atoms with Gasteiger partial charge in [0.2, 0.25) is 0 Å². The summed E-state index contributed by atoms with van der Waals surface area (Å²) in [5.74, 6) is -0.139. The number of thioether (sulfide) groups is 1. The molecule has 0 aliphatic carbocycles. The number of hydrogen-bond acceptors (Lipinski definition) is 5. The molecule has 1 aliphatic heterocycles. The fourth-order valence-electron chi connectivity index (χ4n) is 2.32. The maximum atomic E-state index is 12.1. The molecule has 2 aromatic rings. The zero-order chi connectivity index (χ0) is 19.4. The fourth-order valence-corrected chi connectivity index (χ4v) is 3.40. The van der Waals surface area contributed by atoms with E-state index in [1.807, 2.05) is 31.2 Å². The first-order valence-corrected chi connectivity index (χ1v) is 9.60. The molecule has 0 bridgehead atoms. The zero-order valence-corrected chi connectivity index (χ0v) is 16.7. The normalized spacial score (nSPS) is 15.0. The molecule has 1 aliphatic rings. The lowest BCUT2D eigenvalue weighted by Crippen LogP contribution is -2.20. The number of hydrogen-bond donors (Lipinski definition) is 3. The van der Waals surface area contributed by atoms with E-state index in [2.05, 4.69) is 26.6 Å². The third kappa shape index (κ3) is 5.21. The maximum absolute atomic E-state index is 12.1. The van der Waals surface area contributed by atoms with Crippen LogP contribution in [0.5, 0.6) is 5.75 Å². The Morgan fingerprint density at radius 2 is 2.04 bits per heavy atom. The van der Waals surface area contributed by atoms with Crippen molar-refractivity contribution in [2.24, 2.45) is 0 Å². The Morgan fingerprint density at radius 1 is 1.30 bits per heavy atom. The van der Waals surface area contributed by atoms with Gasteiger partial charge >= 0.3 is 0 Å². The van der Waals surface area contributed by atoms with Gasteiger partial charge in [-0.25, -0.2) is 0 Å². The molecular formula is C19H16BrN3O3S. The van der Waals surface area contributed by atoms with E-state index in [0.29, 0.717) is 21.9 Å². The van der Waals surface area contributed by atoms with Crippen molar-refractivity contribution in [2.45, 2.75) is 6.92 Å². The van der Waals surface area contributed by atoms with Crippen LogP contribution in [0.3, 0.4) is 0 Å². The SMILES string of the molecule is Cc1ccc(NC(=O)COc2ccc(Br)cc2/C=C2\SC(=N)NC2=O)cc1. The van der Waals surface area contributed by atoms with Crippen molar-refractivity contribution in [2.75, 3.05) is 11.9 Å². The van der Waals surface area contributed by atoms with E-state index >= 15 is 0 Å². The van der Waals surface area contributed by atoms with Gasteiger partial charge in [0.15, 0.2) is 11.8 Å². The molecule has 3 rings (SSSR count). The summed E-state index contributed by atoms with van der Waals surface area (Å²) in [7, 11) is 0. The minimum atomic E-state index is -0.326. The summed E-state index contributed by atoms with van der Waals surface area (Å²) in [6.45, 7) is 1.81. The molecule has 1 fully saturated rings. The first-order chi connectivity index (χ1) is 12.9. The average Bonchev–Trinajstić information content (AvgIpc) is 2.93. The van der Waals surface area contributed by atoms with Crippen molar-refractivity contribution in [3.63, 3.8) is 0 Å². The molecular weight excluding hydrogens is 430 g/mol. The molecule has 1 saturated heterocycles. The summed E-state index contributed by atoms with van der Waals surface area (Å²) in [5.41, 5.74) is 2.45. The number of anilines is 1. The Morgan fingerprint density at radius 3 is 2.70 bits per heavy atom. The molecule has 2 amide bonds. The van der Waals surface area contributed by atoms with Gasteiger partial charge in [0.1, 0.15) is 5.75 Å². The lowest BCUT2D eigenvalue weighted by molar-refractivity contribution is -0.118. The molecule has 0 saturated carbocycles. The van der Waals surface area contributed by atoms with Crippen molar-refractivity contribution in [3.05, 3.63) is 63.0 Å². The number of aryl methyl sites for hydroxylation is 1. The molecule has 8 heteroatoms. The fraction of sp³-hybridized carbons (Fsp3) is 0.105. The second-order valence-corrected chi connectivity index (χ2v) is 7.75. The lowest BCUT2D eigenvalue weighted by atomic mass is 10.2. The van der Waals surface area contributed by atoms with Crippen LogP contribution in [-0.2, 0) is 9.59 Å². The topological polar surface area (TPSA) is 91.3 Å². The van der Waals surface area contributed by atoms with Gasteiger partial charge in [0, 0.05) is 15.7 Å². The quantitative estimate of drug-likeness (QED) is 0.608. The molecule has 3 N–H and O–H groups in total. The summed E-state index contributed by atoms with van der Waals surface area (Å²) < 4.78 is 6.46. The number of amides is 2. The molecule has 1 heterocycles. The highest BCUT2D eigenvalue weighted by Gasteiger charge is 2.22. The van der Waals surface area contributed by atoms with Crippen molar-refractivity contribution in [1.82, 2.24) is 5.32 Å². The number of benzene rings is 2. The number of ether oxygens (including phenoxy) is 1. The summed E-state index contributed by atoms with van der Waals surface area (Å²) in [6, 6.07) is 12.8. The molecule has 0 radical (unpaired) electrons. The van der Waals surface area contributed by atoms with E-state index in [-0.39, 0.29) is 23.6 Å². The molecule has 0 unspecified atom stereocenters. The van der Waals surface area contributed by atoms with Crippen LogP contribution in [0.1, 0.15) is 11.1 Å². The van der Waals surface area contributed by atoms with Gasteiger partial charge in [-0.1, -0.05) is 33.6 Å². The molecule has 6 nitrogen and oxygen atoms in total. The van der Waals surface area contributed by atoms with E-state index in [4.69, 9.17) is 10.1 Å². The molecule has 27 heavy (non-hydrogen) atoms. The van der Waals surface area contributed by atoms with Crippen LogP contribution in [-0.4, -0.2) is 23.6 Å². The smallest absolute Gasteiger partial charge is 0.264 e. The Balaban J connectivity index is 1.70. The molecule has 0 spiro atoms. The van der Waals surface area contributed by atoms with Gasteiger partial charge in [-0.05, 0) is 55.1 Å². The second kappa shape index (κ2) is 8.41. The first-order valence-electron chi connectivity index (χ1n) is 7.99. The van der Waals surface area contributed by atoms with Gasteiger partial charge < -0.3 is 15.4 Å². The third-order valence-electron chi connectivity index (χ3n) is 3.62. The van der Waals surface area contributed by atoms with E-state index in [0.717, 1.165) is 21.8 Å². The van der Waals surface area contributed by atoms with E-state index in [1.54, 1.807) is 24.3 Å². The number of carbonyl (C=O) groups excluding carboxylic acids is 2. The number of carbonyl (C=O) groups is 2. The summed E-state index contributed by atoms with van der Waals surface area (Å²) in [4.78, 5) is 24.3. The monoisotopic (exact) mass is 445 g/mol. The van der Waals surface area contributed by atoms with Crippen LogP contribution in [0, 0.1) is 12.3 Å². The first kappa shape index (κ1) is 19.2. The third-order valence-corrected chi connectivity index (χ3v) is 4.94.